The SMILES string of the molecule is COc1ccc(OC)c2sc(N3CCN(C(=O)c4cccc(N5C(=O)CCC5=O)c4)CC3)nc12. The molecule has 0 atom stereocenters. The van der Waals surface area contributed by atoms with Crippen molar-refractivity contribution in [3.05, 3.63) is 42.0 Å². The van der Waals surface area contributed by atoms with Crippen LogP contribution in [0.15, 0.2) is 36.4 Å². The Balaban J connectivity index is 1.30. The van der Waals surface area contributed by atoms with Crippen molar-refractivity contribution in [2.75, 3.05) is 50.2 Å². The van der Waals surface area contributed by atoms with Crippen molar-refractivity contribution in [2.24, 2.45) is 0 Å². The van der Waals surface area contributed by atoms with Gasteiger partial charge in [-0.2, -0.15) is 0 Å². The van der Waals surface area contributed by atoms with Crippen LogP contribution in [0.3, 0.4) is 0 Å². The second kappa shape index (κ2) is 8.94. The molecule has 2 aliphatic rings. The number of nitrogens with zero attached hydrogens (tertiary/aromatic N) is 4. The van der Waals surface area contributed by atoms with E-state index in [1.807, 2.05) is 12.1 Å². The van der Waals surface area contributed by atoms with E-state index in [1.54, 1.807) is 54.7 Å². The van der Waals surface area contributed by atoms with E-state index < -0.39 is 0 Å². The van der Waals surface area contributed by atoms with Crippen LogP contribution in [-0.2, 0) is 9.59 Å². The number of carbonyl (C=O) groups is 3. The molecule has 0 radical (unpaired) electrons. The summed E-state index contributed by atoms with van der Waals surface area (Å²) < 4.78 is 11.9. The zero-order valence-corrected chi connectivity index (χ0v) is 19.8. The predicted octanol–water partition coefficient (Wildman–Crippen LogP) is 2.93. The molecule has 2 aromatic carbocycles. The average Bonchev–Trinajstić information content (AvgIpc) is 3.46. The smallest absolute Gasteiger partial charge is 0.254 e. The number of carbonyl (C=O) groups excluding carboxylic acids is 3. The Kier molecular flexibility index (Phi) is 5.82. The maximum atomic E-state index is 13.2. The Labute approximate surface area is 200 Å². The second-order valence-electron chi connectivity index (χ2n) is 8.10. The van der Waals surface area contributed by atoms with Gasteiger partial charge in [0.1, 0.15) is 21.7 Å². The first-order valence-corrected chi connectivity index (χ1v) is 11.8. The van der Waals surface area contributed by atoms with Gasteiger partial charge in [0.15, 0.2) is 5.13 Å². The normalized spacial score (nSPS) is 16.5. The highest BCUT2D eigenvalue weighted by Gasteiger charge is 2.31. The molecule has 10 heteroatoms. The first-order chi connectivity index (χ1) is 16.5. The Morgan fingerprint density at radius 3 is 2.29 bits per heavy atom. The van der Waals surface area contributed by atoms with E-state index in [0.29, 0.717) is 43.2 Å². The number of rotatable bonds is 5. The van der Waals surface area contributed by atoms with Gasteiger partial charge in [-0.05, 0) is 30.3 Å². The van der Waals surface area contributed by atoms with E-state index in [2.05, 4.69) is 4.90 Å². The molecule has 1 aromatic heterocycles. The van der Waals surface area contributed by atoms with Crippen LogP contribution in [0, 0.1) is 0 Å². The average molecular weight is 481 g/mol. The van der Waals surface area contributed by atoms with Crippen LogP contribution in [0.1, 0.15) is 23.2 Å². The molecule has 2 saturated heterocycles. The van der Waals surface area contributed by atoms with Crippen LogP contribution >= 0.6 is 11.3 Å². The third-order valence-electron chi connectivity index (χ3n) is 6.14. The van der Waals surface area contributed by atoms with Gasteiger partial charge in [0, 0.05) is 44.6 Å². The Bertz CT molecular complexity index is 1220. The largest absolute Gasteiger partial charge is 0.495 e. The van der Waals surface area contributed by atoms with Gasteiger partial charge in [-0.25, -0.2) is 4.98 Å². The van der Waals surface area contributed by atoms with Crippen LogP contribution in [0.2, 0.25) is 0 Å². The van der Waals surface area contributed by atoms with Gasteiger partial charge in [0.2, 0.25) is 11.8 Å². The third kappa shape index (κ3) is 3.83. The molecule has 0 aliphatic carbocycles. The number of hydrogen-bond donors (Lipinski definition) is 0. The molecule has 0 spiro atoms. The lowest BCUT2D eigenvalue weighted by molar-refractivity contribution is -0.121. The summed E-state index contributed by atoms with van der Waals surface area (Å²) in [5.41, 5.74) is 1.69. The molecule has 0 saturated carbocycles. The van der Waals surface area contributed by atoms with Crippen molar-refractivity contribution in [1.82, 2.24) is 9.88 Å². The lowest BCUT2D eigenvalue weighted by Crippen LogP contribution is -2.48. The summed E-state index contributed by atoms with van der Waals surface area (Å²) in [6, 6.07) is 10.5. The quantitative estimate of drug-likeness (QED) is 0.519. The number of aromatic nitrogens is 1. The lowest BCUT2D eigenvalue weighted by Gasteiger charge is -2.34. The van der Waals surface area contributed by atoms with Crippen LogP contribution < -0.4 is 19.3 Å². The molecule has 5 rings (SSSR count). The van der Waals surface area contributed by atoms with E-state index in [4.69, 9.17) is 14.5 Å². The highest BCUT2D eigenvalue weighted by atomic mass is 32.1. The zero-order valence-electron chi connectivity index (χ0n) is 18.9. The number of piperazine rings is 1. The van der Waals surface area contributed by atoms with Gasteiger partial charge in [-0.15, -0.1) is 0 Å². The Morgan fingerprint density at radius 2 is 1.62 bits per heavy atom. The third-order valence-corrected chi connectivity index (χ3v) is 7.27. The molecule has 3 heterocycles. The molecule has 2 fully saturated rings. The molecule has 3 aromatic rings. The predicted molar refractivity (Wildman–Crippen MR) is 129 cm³/mol. The first-order valence-electron chi connectivity index (χ1n) is 11.0. The van der Waals surface area contributed by atoms with Crippen molar-refractivity contribution >= 4 is 50.1 Å². The molecule has 2 aliphatic heterocycles. The molecular formula is C24H24N4O5S. The van der Waals surface area contributed by atoms with E-state index in [9.17, 15) is 14.4 Å². The second-order valence-corrected chi connectivity index (χ2v) is 9.07. The number of benzene rings is 2. The monoisotopic (exact) mass is 480 g/mol. The van der Waals surface area contributed by atoms with Gasteiger partial charge >= 0.3 is 0 Å². The minimum Gasteiger partial charge on any atom is -0.495 e. The Morgan fingerprint density at radius 1 is 0.941 bits per heavy atom. The lowest BCUT2D eigenvalue weighted by atomic mass is 10.1. The summed E-state index contributed by atoms with van der Waals surface area (Å²) in [5, 5.41) is 0.859. The first kappa shape index (κ1) is 22.1. The highest BCUT2D eigenvalue weighted by molar-refractivity contribution is 7.22. The summed E-state index contributed by atoms with van der Waals surface area (Å²) in [6.07, 6.45) is 0.422. The Hall–Kier alpha value is -3.66. The number of thiazole rings is 1. The summed E-state index contributed by atoms with van der Waals surface area (Å²) in [4.78, 5) is 47.2. The minimum atomic E-state index is -0.229. The fraction of sp³-hybridized carbons (Fsp3) is 0.333. The summed E-state index contributed by atoms with van der Waals surface area (Å²) in [5.74, 6) is 0.873. The molecule has 9 nitrogen and oxygen atoms in total. The number of hydrogen-bond acceptors (Lipinski definition) is 8. The minimum absolute atomic E-state index is 0.117. The standard InChI is InChI=1S/C24H24N4O5S/c1-32-17-6-7-18(33-2)22-21(17)25-24(34-22)27-12-10-26(11-13-27)23(31)15-4-3-5-16(14-15)28-19(29)8-9-20(28)30/h3-7,14H,8-13H2,1-2H3. The topological polar surface area (TPSA) is 92.3 Å². The summed E-state index contributed by atoms with van der Waals surface area (Å²) in [7, 11) is 3.25. The van der Waals surface area contributed by atoms with Gasteiger partial charge in [-0.3, -0.25) is 19.3 Å². The zero-order chi connectivity index (χ0) is 23.8. The molecule has 176 valence electrons. The summed E-state index contributed by atoms with van der Waals surface area (Å²) in [6.45, 7) is 2.35. The van der Waals surface area contributed by atoms with E-state index >= 15 is 0 Å². The molecule has 0 bridgehead atoms. The fourth-order valence-corrected chi connectivity index (χ4v) is 5.46. The number of fused-ring (bicyclic) bond motifs is 1. The highest BCUT2D eigenvalue weighted by Crippen LogP contribution is 2.40. The number of imide groups is 1. The molecular weight excluding hydrogens is 456 g/mol. The fourth-order valence-electron chi connectivity index (χ4n) is 4.34. The molecule has 34 heavy (non-hydrogen) atoms. The van der Waals surface area contributed by atoms with Crippen molar-refractivity contribution in [1.29, 1.82) is 0 Å². The van der Waals surface area contributed by atoms with Crippen LogP contribution in [-0.4, -0.2) is 68.0 Å². The van der Waals surface area contributed by atoms with Crippen LogP contribution in [0.5, 0.6) is 11.5 Å². The van der Waals surface area contributed by atoms with E-state index in [0.717, 1.165) is 21.1 Å². The van der Waals surface area contributed by atoms with Crippen molar-refractivity contribution < 1.29 is 23.9 Å². The van der Waals surface area contributed by atoms with Gasteiger partial charge in [0.05, 0.1) is 19.9 Å². The van der Waals surface area contributed by atoms with Crippen molar-refractivity contribution in [2.45, 2.75) is 12.8 Å². The van der Waals surface area contributed by atoms with Crippen molar-refractivity contribution in [3.63, 3.8) is 0 Å². The number of methoxy groups -OCH3 is 2. The van der Waals surface area contributed by atoms with Gasteiger partial charge in [-0.1, -0.05) is 17.4 Å². The number of anilines is 2. The van der Waals surface area contributed by atoms with E-state index in [1.165, 1.54) is 4.90 Å². The van der Waals surface area contributed by atoms with Crippen LogP contribution in [0.4, 0.5) is 10.8 Å². The molecule has 0 N–H and O–H groups in total. The maximum Gasteiger partial charge on any atom is 0.254 e. The molecule has 0 unspecified atom stereocenters. The number of ether oxygens (including phenoxy) is 2. The maximum absolute atomic E-state index is 13.2. The van der Waals surface area contributed by atoms with Gasteiger partial charge in [0.25, 0.3) is 5.91 Å². The van der Waals surface area contributed by atoms with Gasteiger partial charge < -0.3 is 19.3 Å². The van der Waals surface area contributed by atoms with E-state index in [-0.39, 0.29) is 30.6 Å². The van der Waals surface area contributed by atoms with Crippen molar-refractivity contribution in [3.8, 4) is 11.5 Å². The number of amides is 3. The van der Waals surface area contributed by atoms with Crippen LogP contribution in [0.25, 0.3) is 10.2 Å². The molecule has 3 amide bonds. The summed E-state index contributed by atoms with van der Waals surface area (Å²) >= 11 is 1.54.